The molecule has 0 radical (unpaired) electrons. The van der Waals surface area contributed by atoms with Gasteiger partial charge in [-0.05, 0) is 36.4 Å². The Balaban J connectivity index is 1.91. The molecule has 10 heteroatoms. The van der Waals surface area contributed by atoms with Crippen LogP contribution >= 0.6 is 0 Å². The molecule has 0 aliphatic carbocycles. The van der Waals surface area contributed by atoms with Gasteiger partial charge in [0.05, 0.1) is 23.0 Å². The van der Waals surface area contributed by atoms with Gasteiger partial charge in [-0.2, -0.15) is 14.0 Å². The molecule has 0 amide bonds. The summed E-state index contributed by atoms with van der Waals surface area (Å²) in [4.78, 5) is 2.44. The van der Waals surface area contributed by atoms with Crippen molar-refractivity contribution in [3.8, 4) is 23.1 Å². The predicted molar refractivity (Wildman–Crippen MR) is 94.8 cm³/mol. The molecule has 2 N–H and O–H groups in total. The van der Waals surface area contributed by atoms with E-state index in [9.17, 15) is 21.6 Å². The van der Waals surface area contributed by atoms with E-state index in [0.717, 1.165) is 18.3 Å². The van der Waals surface area contributed by atoms with Crippen molar-refractivity contribution >= 4 is 15.7 Å². The predicted octanol–water partition coefficient (Wildman–Crippen LogP) is 4.09. The maximum Gasteiger partial charge on any atom is 0.387 e. The summed E-state index contributed by atoms with van der Waals surface area (Å²) in [6.07, 6.45) is 1.14. The maximum atomic E-state index is 14.0. The van der Waals surface area contributed by atoms with Crippen LogP contribution in [0.25, 0.3) is 11.3 Å². The summed E-state index contributed by atoms with van der Waals surface area (Å²) in [6.45, 7) is -3.04. The minimum absolute atomic E-state index is 0.0417. The molecule has 28 heavy (non-hydrogen) atoms. The number of benzene rings is 2. The van der Waals surface area contributed by atoms with Crippen LogP contribution in [0.3, 0.4) is 0 Å². The number of halogens is 3. The molecular formula is C18H12F3N3O3S. The molecule has 0 aliphatic rings. The van der Waals surface area contributed by atoms with Crippen molar-refractivity contribution in [3.05, 3.63) is 66.1 Å². The maximum absolute atomic E-state index is 14.0. The van der Waals surface area contributed by atoms with Gasteiger partial charge in [0.15, 0.2) is 0 Å². The molecule has 0 unspecified atom stereocenters. The smallest absolute Gasteiger partial charge is 0.387 e. The highest BCUT2D eigenvalue weighted by Crippen LogP contribution is 2.32. The van der Waals surface area contributed by atoms with Crippen LogP contribution in [-0.2, 0) is 10.0 Å². The Kier molecular flexibility index (Phi) is 5.28. The molecule has 1 heterocycles. The number of hydrogen-bond acceptors (Lipinski definition) is 4. The summed E-state index contributed by atoms with van der Waals surface area (Å²) in [6, 6.07) is 12.1. The molecular weight excluding hydrogens is 395 g/mol. The van der Waals surface area contributed by atoms with E-state index in [1.807, 2.05) is 0 Å². The molecule has 1 aromatic heterocycles. The lowest BCUT2D eigenvalue weighted by molar-refractivity contribution is -0.0494. The van der Waals surface area contributed by atoms with Gasteiger partial charge in [-0.3, -0.25) is 4.72 Å². The van der Waals surface area contributed by atoms with Crippen LogP contribution < -0.4 is 9.46 Å². The van der Waals surface area contributed by atoms with Crippen LogP contribution in [0.15, 0.2) is 59.6 Å². The van der Waals surface area contributed by atoms with Crippen LogP contribution in [0.1, 0.15) is 5.56 Å². The van der Waals surface area contributed by atoms with E-state index in [1.165, 1.54) is 30.3 Å². The van der Waals surface area contributed by atoms with Crippen LogP contribution in [0, 0.1) is 17.1 Å². The molecule has 2 aromatic carbocycles. The van der Waals surface area contributed by atoms with Crippen molar-refractivity contribution < 1.29 is 26.3 Å². The van der Waals surface area contributed by atoms with Gasteiger partial charge in [0.1, 0.15) is 16.5 Å². The Bertz CT molecular complexity index is 1150. The van der Waals surface area contributed by atoms with E-state index in [2.05, 4.69) is 14.4 Å². The lowest BCUT2D eigenvalue weighted by Gasteiger charge is -2.09. The number of aromatic amines is 1. The topological polar surface area (TPSA) is 95.0 Å². The molecule has 3 aromatic rings. The molecule has 0 spiro atoms. The van der Waals surface area contributed by atoms with Crippen LogP contribution in [0.5, 0.6) is 5.75 Å². The van der Waals surface area contributed by atoms with E-state index < -0.39 is 22.5 Å². The first-order chi connectivity index (χ1) is 13.3. The second-order valence-electron chi connectivity index (χ2n) is 5.54. The highest BCUT2D eigenvalue weighted by atomic mass is 32.2. The van der Waals surface area contributed by atoms with Crippen molar-refractivity contribution in [2.45, 2.75) is 11.5 Å². The van der Waals surface area contributed by atoms with E-state index in [4.69, 9.17) is 5.26 Å². The largest absolute Gasteiger partial charge is 0.434 e. The highest BCUT2D eigenvalue weighted by Gasteiger charge is 2.20. The number of anilines is 1. The third kappa shape index (κ3) is 4.10. The number of nitriles is 1. The Morgan fingerprint density at radius 3 is 2.57 bits per heavy atom. The third-order valence-electron chi connectivity index (χ3n) is 3.70. The Morgan fingerprint density at radius 1 is 1.14 bits per heavy atom. The first kappa shape index (κ1) is 19.3. The SMILES string of the molecule is N#Cc1ccc(NS(=O)(=O)c2c[nH]c(-c3ccccc3OC(F)F)c2)c(F)c1. The molecule has 3 rings (SSSR count). The first-order valence-electron chi connectivity index (χ1n) is 7.75. The second kappa shape index (κ2) is 7.66. The van der Waals surface area contributed by atoms with Crippen LogP contribution in [0.4, 0.5) is 18.9 Å². The number of aromatic nitrogens is 1. The Labute approximate surface area is 158 Å². The zero-order valence-corrected chi connectivity index (χ0v) is 14.8. The molecule has 0 saturated carbocycles. The number of ether oxygens (including phenoxy) is 1. The van der Waals surface area contributed by atoms with E-state index in [0.29, 0.717) is 0 Å². The summed E-state index contributed by atoms with van der Waals surface area (Å²) in [5.74, 6) is -1.04. The van der Waals surface area contributed by atoms with Crippen molar-refractivity contribution in [3.63, 3.8) is 0 Å². The molecule has 0 bridgehead atoms. The number of alkyl halides is 2. The average Bonchev–Trinajstić information content (AvgIpc) is 3.14. The molecule has 0 fully saturated rings. The number of nitrogens with one attached hydrogen (secondary N) is 2. The first-order valence-corrected chi connectivity index (χ1v) is 9.23. The number of rotatable bonds is 6. The summed E-state index contributed by atoms with van der Waals surface area (Å²) in [7, 11) is -4.17. The van der Waals surface area contributed by atoms with Gasteiger partial charge in [0, 0.05) is 11.8 Å². The van der Waals surface area contributed by atoms with Crippen molar-refractivity contribution in [2.75, 3.05) is 4.72 Å². The fourth-order valence-corrected chi connectivity index (χ4v) is 3.50. The fraction of sp³-hybridized carbons (Fsp3) is 0.0556. The Morgan fingerprint density at radius 2 is 1.89 bits per heavy atom. The minimum Gasteiger partial charge on any atom is -0.434 e. The van der Waals surface area contributed by atoms with Crippen molar-refractivity contribution in [1.29, 1.82) is 5.26 Å². The van der Waals surface area contributed by atoms with Crippen molar-refractivity contribution in [2.24, 2.45) is 0 Å². The molecule has 6 nitrogen and oxygen atoms in total. The number of hydrogen-bond donors (Lipinski definition) is 2. The van der Waals surface area contributed by atoms with Gasteiger partial charge >= 0.3 is 6.61 Å². The third-order valence-corrected chi connectivity index (χ3v) is 5.05. The monoisotopic (exact) mass is 407 g/mol. The van der Waals surface area contributed by atoms with E-state index in [1.54, 1.807) is 12.1 Å². The lowest BCUT2D eigenvalue weighted by Crippen LogP contribution is -2.13. The number of nitrogens with zero attached hydrogens (tertiary/aromatic N) is 1. The van der Waals surface area contributed by atoms with Crippen LogP contribution in [-0.4, -0.2) is 20.0 Å². The summed E-state index contributed by atoms with van der Waals surface area (Å²) < 4.78 is 70.6. The Hall–Kier alpha value is -3.45. The summed E-state index contributed by atoms with van der Waals surface area (Å²) in [5.41, 5.74) is 0.161. The van der Waals surface area contributed by atoms with E-state index >= 15 is 0 Å². The highest BCUT2D eigenvalue weighted by molar-refractivity contribution is 7.92. The lowest BCUT2D eigenvalue weighted by atomic mass is 10.1. The van der Waals surface area contributed by atoms with Gasteiger partial charge in [-0.15, -0.1) is 0 Å². The second-order valence-corrected chi connectivity index (χ2v) is 7.22. The summed E-state index contributed by atoms with van der Waals surface area (Å²) >= 11 is 0. The number of sulfonamides is 1. The minimum atomic E-state index is -4.17. The van der Waals surface area contributed by atoms with Crippen LogP contribution in [0.2, 0.25) is 0 Å². The number of H-pyrrole nitrogens is 1. The zero-order chi connectivity index (χ0) is 20.3. The van der Waals surface area contributed by atoms with E-state index in [-0.39, 0.29) is 33.2 Å². The normalized spacial score (nSPS) is 11.2. The molecule has 0 saturated heterocycles. The standard InChI is InChI=1S/C18H12F3N3O3S/c19-14-7-11(9-22)5-6-15(14)24-28(25,26)12-8-16(23-10-12)13-3-1-2-4-17(13)27-18(20)21/h1-8,10,18,23-24H. The van der Waals surface area contributed by atoms with Gasteiger partial charge in [0.25, 0.3) is 10.0 Å². The fourth-order valence-electron chi connectivity index (χ4n) is 2.44. The quantitative estimate of drug-likeness (QED) is 0.643. The van der Waals surface area contributed by atoms with Gasteiger partial charge in [-0.1, -0.05) is 12.1 Å². The van der Waals surface area contributed by atoms with Gasteiger partial charge < -0.3 is 9.72 Å². The average molecular weight is 407 g/mol. The van der Waals surface area contributed by atoms with Crippen molar-refractivity contribution in [1.82, 2.24) is 4.98 Å². The van der Waals surface area contributed by atoms with Gasteiger partial charge in [0.2, 0.25) is 0 Å². The molecule has 144 valence electrons. The molecule has 0 atom stereocenters. The molecule has 0 aliphatic heterocycles. The zero-order valence-electron chi connectivity index (χ0n) is 14.0. The van der Waals surface area contributed by atoms with Gasteiger partial charge in [-0.25, -0.2) is 12.8 Å². The summed E-state index contributed by atoms with van der Waals surface area (Å²) in [5, 5.41) is 8.73. The number of para-hydroxylation sites is 1.